The number of benzene rings is 2. The quantitative estimate of drug-likeness (QED) is 0.808. The Morgan fingerprint density at radius 2 is 1.86 bits per heavy atom. The van der Waals surface area contributed by atoms with Crippen molar-refractivity contribution in [3.05, 3.63) is 51.7 Å². The number of hydrogen-bond acceptors (Lipinski definition) is 3. The van der Waals surface area contributed by atoms with Gasteiger partial charge in [-0.25, -0.2) is 12.8 Å². The molecule has 0 amide bonds. The molecule has 0 spiro atoms. The molecule has 2 aromatic carbocycles. The summed E-state index contributed by atoms with van der Waals surface area (Å²) >= 11 is 3.31. The number of nitrogen functional groups attached to an aromatic ring is 1. The molecule has 0 heterocycles. The van der Waals surface area contributed by atoms with Gasteiger partial charge in [0.25, 0.3) is 10.0 Å². The van der Waals surface area contributed by atoms with Gasteiger partial charge in [-0.2, -0.15) is 0 Å². The maximum absolute atomic E-state index is 14.1. The number of halogens is 2. The third-order valence-electron chi connectivity index (χ3n) is 2.97. The number of nitrogens with one attached hydrogen (secondary N) is 1. The Bertz CT molecular complexity index is 807. The summed E-state index contributed by atoms with van der Waals surface area (Å²) < 4.78 is 41.8. The molecular weight excluding hydrogens is 359 g/mol. The van der Waals surface area contributed by atoms with E-state index in [4.69, 9.17) is 5.73 Å². The topological polar surface area (TPSA) is 72.2 Å². The van der Waals surface area contributed by atoms with Gasteiger partial charge in [0, 0.05) is 10.2 Å². The Hall–Kier alpha value is -1.60. The molecule has 2 rings (SSSR count). The highest BCUT2D eigenvalue weighted by molar-refractivity contribution is 9.10. The number of aryl methyl sites for hydroxylation is 2. The van der Waals surface area contributed by atoms with Crippen molar-refractivity contribution >= 4 is 37.3 Å². The highest BCUT2D eigenvalue weighted by Gasteiger charge is 2.22. The van der Waals surface area contributed by atoms with Crippen LogP contribution in [-0.4, -0.2) is 8.42 Å². The number of rotatable bonds is 3. The first-order chi connectivity index (χ1) is 9.72. The summed E-state index contributed by atoms with van der Waals surface area (Å²) in [5.41, 5.74) is 7.18. The van der Waals surface area contributed by atoms with Crippen molar-refractivity contribution < 1.29 is 12.8 Å². The maximum Gasteiger partial charge on any atom is 0.264 e. The summed E-state index contributed by atoms with van der Waals surface area (Å²) in [4.78, 5) is -0.464. The third kappa shape index (κ3) is 3.19. The first-order valence-corrected chi connectivity index (χ1v) is 8.33. The molecule has 4 nitrogen and oxygen atoms in total. The molecule has 0 fully saturated rings. The van der Waals surface area contributed by atoms with E-state index in [0.717, 1.165) is 11.6 Å². The second-order valence-electron chi connectivity index (χ2n) is 4.69. The second-order valence-corrected chi connectivity index (χ2v) is 7.14. The summed E-state index contributed by atoms with van der Waals surface area (Å²) in [5, 5.41) is 0. The average Bonchev–Trinajstić information content (AvgIpc) is 2.39. The first-order valence-electron chi connectivity index (χ1n) is 6.06. The van der Waals surface area contributed by atoms with Crippen molar-refractivity contribution in [1.82, 2.24) is 0 Å². The highest BCUT2D eigenvalue weighted by atomic mass is 79.9. The summed E-state index contributed by atoms with van der Waals surface area (Å²) in [5.74, 6) is -0.805. The van der Waals surface area contributed by atoms with Gasteiger partial charge in [0.2, 0.25) is 0 Å². The summed E-state index contributed by atoms with van der Waals surface area (Å²) in [7, 11) is -4.06. The van der Waals surface area contributed by atoms with Crippen LogP contribution in [0.25, 0.3) is 0 Å². The van der Waals surface area contributed by atoms with Crippen molar-refractivity contribution in [3.63, 3.8) is 0 Å². The third-order valence-corrected chi connectivity index (χ3v) is 5.39. The molecule has 0 atom stereocenters. The molecule has 0 aliphatic heterocycles. The second kappa shape index (κ2) is 5.65. The minimum Gasteiger partial charge on any atom is -0.399 e. The molecule has 3 N–H and O–H groups in total. The standard InChI is InChI=1S/C14H14BrFN2O2S/c1-8-4-3-5-11(13(8)15)18-21(19,20)12-7-10(17)6-9(2)14(12)16/h3-7,18H,17H2,1-2H3. The van der Waals surface area contributed by atoms with Crippen LogP contribution >= 0.6 is 15.9 Å². The van der Waals surface area contributed by atoms with E-state index >= 15 is 0 Å². The van der Waals surface area contributed by atoms with Gasteiger partial charge >= 0.3 is 0 Å². The van der Waals surface area contributed by atoms with Crippen LogP contribution in [0.2, 0.25) is 0 Å². The van der Waals surface area contributed by atoms with E-state index in [1.165, 1.54) is 13.0 Å². The van der Waals surface area contributed by atoms with E-state index in [1.807, 2.05) is 13.0 Å². The zero-order valence-electron chi connectivity index (χ0n) is 11.4. The van der Waals surface area contributed by atoms with Crippen LogP contribution in [0.5, 0.6) is 0 Å². The number of sulfonamides is 1. The summed E-state index contributed by atoms with van der Waals surface area (Å²) in [6, 6.07) is 7.61. The SMILES string of the molecule is Cc1cc(N)cc(S(=O)(=O)Nc2cccc(C)c2Br)c1F. The monoisotopic (exact) mass is 372 g/mol. The van der Waals surface area contributed by atoms with E-state index < -0.39 is 20.7 Å². The summed E-state index contributed by atoms with van der Waals surface area (Å²) in [6.45, 7) is 3.29. The zero-order valence-corrected chi connectivity index (χ0v) is 13.8. The van der Waals surface area contributed by atoms with Crippen molar-refractivity contribution in [2.24, 2.45) is 0 Å². The summed E-state index contributed by atoms with van der Waals surface area (Å²) in [6.07, 6.45) is 0. The van der Waals surface area contributed by atoms with E-state index in [0.29, 0.717) is 10.2 Å². The lowest BCUT2D eigenvalue weighted by atomic mass is 10.2. The molecule has 0 radical (unpaired) electrons. The highest BCUT2D eigenvalue weighted by Crippen LogP contribution is 2.29. The molecule has 2 aromatic rings. The van der Waals surface area contributed by atoms with E-state index in [1.54, 1.807) is 12.1 Å². The maximum atomic E-state index is 14.1. The van der Waals surface area contributed by atoms with Crippen molar-refractivity contribution in [1.29, 1.82) is 0 Å². The lowest BCUT2D eigenvalue weighted by molar-refractivity contribution is 0.565. The molecule has 0 bridgehead atoms. The normalized spacial score (nSPS) is 11.4. The average molecular weight is 373 g/mol. The number of hydrogen-bond donors (Lipinski definition) is 2. The Balaban J connectivity index is 2.51. The van der Waals surface area contributed by atoms with Crippen molar-refractivity contribution in [2.75, 3.05) is 10.5 Å². The Morgan fingerprint density at radius 3 is 2.52 bits per heavy atom. The fourth-order valence-corrected chi connectivity index (χ4v) is 3.64. The van der Waals surface area contributed by atoms with Crippen LogP contribution in [-0.2, 0) is 10.0 Å². The molecule has 0 aromatic heterocycles. The van der Waals surface area contributed by atoms with Crippen LogP contribution < -0.4 is 10.5 Å². The van der Waals surface area contributed by atoms with Crippen LogP contribution in [0.15, 0.2) is 39.7 Å². The number of anilines is 2. The van der Waals surface area contributed by atoms with E-state index in [-0.39, 0.29) is 11.3 Å². The molecular formula is C14H14BrFN2O2S. The van der Waals surface area contributed by atoms with Gasteiger partial charge in [0.1, 0.15) is 10.7 Å². The molecule has 0 unspecified atom stereocenters. The molecule has 0 aliphatic carbocycles. The number of nitrogens with two attached hydrogens (primary N) is 1. The lowest BCUT2D eigenvalue weighted by Crippen LogP contribution is -2.16. The van der Waals surface area contributed by atoms with Gasteiger partial charge in [-0.05, 0) is 59.1 Å². The Labute approximate surface area is 131 Å². The first kappa shape index (κ1) is 15.8. The van der Waals surface area contributed by atoms with E-state index in [9.17, 15) is 12.8 Å². The van der Waals surface area contributed by atoms with Gasteiger partial charge in [-0.3, -0.25) is 4.72 Å². The van der Waals surface area contributed by atoms with Crippen LogP contribution in [0.1, 0.15) is 11.1 Å². The molecule has 7 heteroatoms. The largest absolute Gasteiger partial charge is 0.399 e. The predicted octanol–water partition coefficient (Wildman–Crippen LogP) is 3.59. The Kier molecular flexibility index (Phi) is 4.25. The van der Waals surface area contributed by atoms with Gasteiger partial charge in [-0.1, -0.05) is 12.1 Å². The van der Waals surface area contributed by atoms with Gasteiger partial charge in [0.05, 0.1) is 5.69 Å². The minimum atomic E-state index is -4.06. The van der Waals surface area contributed by atoms with Gasteiger partial charge in [0.15, 0.2) is 0 Å². The van der Waals surface area contributed by atoms with Gasteiger partial charge < -0.3 is 5.73 Å². The van der Waals surface area contributed by atoms with Crippen LogP contribution in [0.4, 0.5) is 15.8 Å². The van der Waals surface area contributed by atoms with E-state index in [2.05, 4.69) is 20.7 Å². The van der Waals surface area contributed by atoms with Crippen LogP contribution in [0, 0.1) is 19.7 Å². The smallest absolute Gasteiger partial charge is 0.264 e. The fourth-order valence-electron chi connectivity index (χ4n) is 1.89. The van der Waals surface area contributed by atoms with Crippen molar-refractivity contribution in [2.45, 2.75) is 18.7 Å². The van der Waals surface area contributed by atoms with Crippen LogP contribution in [0.3, 0.4) is 0 Å². The van der Waals surface area contributed by atoms with Crippen molar-refractivity contribution in [3.8, 4) is 0 Å². The lowest BCUT2D eigenvalue weighted by Gasteiger charge is -2.13. The fraction of sp³-hybridized carbons (Fsp3) is 0.143. The molecule has 0 aliphatic rings. The zero-order chi connectivity index (χ0) is 15.8. The molecule has 0 saturated carbocycles. The predicted molar refractivity (Wildman–Crippen MR) is 85.2 cm³/mol. The minimum absolute atomic E-state index is 0.179. The van der Waals surface area contributed by atoms with Gasteiger partial charge in [-0.15, -0.1) is 0 Å². The molecule has 21 heavy (non-hydrogen) atoms. The molecule has 112 valence electrons. The Morgan fingerprint density at radius 1 is 1.19 bits per heavy atom. The molecule has 0 saturated heterocycles.